The van der Waals surface area contributed by atoms with E-state index in [9.17, 15) is 13.2 Å². The molecule has 1 heterocycles. The molecular weight excluding hydrogens is 185 g/mol. The van der Waals surface area contributed by atoms with Crippen LogP contribution in [-0.4, -0.2) is 29.1 Å². The van der Waals surface area contributed by atoms with Crippen LogP contribution in [0.5, 0.6) is 0 Å². The number of aliphatic hydroxyl groups excluding tert-OH is 1. The number of allylic oxidation sites excluding steroid dienone is 1. The summed E-state index contributed by atoms with van der Waals surface area (Å²) < 4.78 is 36.3. The molecule has 2 atom stereocenters. The topological polar surface area (TPSA) is 58.6 Å². The highest BCUT2D eigenvalue weighted by Gasteiger charge is 2.38. The summed E-state index contributed by atoms with van der Waals surface area (Å²) in [6.07, 6.45) is -3.97. The Morgan fingerprint density at radius 2 is 2.08 bits per heavy atom. The second-order valence-corrected chi connectivity index (χ2v) is 2.85. The smallest absolute Gasteiger partial charge is 0.433 e. The zero-order valence-electron chi connectivity index (χ0n) is 6.84. The van der Waals surface area contributed by atoms with Gasteiger partial charge in [0.15, 0.2) is 0 Å². The van der Waals surface area contributed by atoms with Crippen LogP contribution in [-0.2, 0) is 0 Å². The minimum absolute atomic E-state index is 0.477. The fourth-order valence-electron chi connectivity index (χ4n) is 0.975. The average molecular weight is 194 g/mol. The first-order chi connectivity index (χ1) is 5.82. The summed E-state index contributed by atoms with van der Waals surface area (Å²) in [4.78, 5) is 3.32. The van der Waals surface area contributed by atoms with Crippen LogP contribution in [0.15, 0.2) is 16.8 Å². The number of hydrogen-bond acceptors (Lipinski definition) is 3. The summed E-state index contributed by atoms with van der Waals surface area (Å²) in [6.45, 7) is 1.42. The lowest BCUT2D eigenvalue weighted by Crippen LogP contribution is -2.39. The van der Waals surface area contributed by atoms with Crippen molar-refractivity contribution in [3.63, 3.8) is 0 Å². The molecule has 13 heavy (non-hydrogen) atoms. The van der Waals surface area contributed by atoms with Gasteiger partial charge in [0, 0.05) is 6.08 Å². The van der Waals surface area contributed by atoms with Crippen LogP contribution in [0.2, 0.25) is 0 Å². The molecule has 0 aromatic rings. The number of nitrogens with zero attached hydrogens (tertiary/aromatic N) is 1. The largest absolute Gasteiger partial charge is 0.511 e. The van der Waals surface area contributed by atoms with Crippen LogP contribution >= 0.6 is 0 Å². The molecule has 0 saturated heterocycles. The number of halogens is 3. The lowest BCUT2D eigenvalue weighted by molar-refractivity contribution is -0.0585. The Hall–Kier alpha value is -1.04. The number of alkyl halides is 3. The van der Waals surface area contributed by atoms with Gasteiger partial charge in [0.2, 0.25) is 0 Å². The molecule has 3 N–H and O–H groups in total. The van der Waals surface area contributed by atoms with Crippen molar-refractivity contribution in [2.75, 3.05) is 0 Å². The average Bonchev–Trinajstić information content (AvgIpc) is 1.97. The van der Waals surface area contributed by atoms with Crippen molar-refractivity contribution < 1.29 is 18.3 Å². The number of rotatable bonds is 0. The first-order valence-corrected chi connectivity index (χ1v) is 3.63. The van der Waals surface area contributed by atoms with Gasteiger partial charge in [-0.05, 0) is 6.92 Å². The predicted molar refractivity (Wildman–Crippen MR) is 41.6 cm³/mol. The molecule has 6 heteroatoms. The Morgan fingerprint density at radius 3 is 2.46 bits per heavy atom. The fourth-order valence-corrected chi connectivity index (χ4v) is 0.975. The summed E-state index contributed by atoms with van der Waals surface area (Å²) in [5, 5.41) is 9.04. The van der Waals surface area contributed by atoms with Gasteiger partial charge in [-0.15, -0.1) is 0 Å². The summed E-state index contributed by atoms with van der Waals surface area (Å²) >= 11 is 0. The van der Waals surface area contributed by atoms with Crippen LogP contribution < -0.4 is 5.73 Å². The van der Waals surface area contributed by atoms with Gasteiger partial charge < -0.3 is 10.8 Å². The summed E-state index contributed by atoms with van der Waals surface area (Å²) in [5.74, 6) is -0.477. The van der Waals surface area contributed by atoms with Gasteiger partial charge in [-0.2, -0.15) is 13.2 Å². The number of aliphatic hydroxyl groups is 1. The molecule has 74 valence electrons. The fraction of sp³-hybridized carbons (Fsp3) is 0.571. The lowest BCUT2D eigenvalue weighted by atomic mass is 10.0. The van der Waals surface area contributed by atoms with Gasteiger partial charge >= 0.3 is 6.18 Å². The SMILES string of the molecule is CC1N=C(C(F)(F)F)C=C(O)C1N. The third kappa shape index (κ3) is 2.00. The van der Waals surface area contributed by atoms with E-state index in [-0.39, 0.29) is 0 Å². The van der Waals surface area contributed by atoms with Crippen molar-refractivity contribution in [2.45, 2.75) is 25.2 Å². The minimum atomic E-state index is -4.53. The molecule has 0 aromatic carbocycles. The molecule has 0 amide bonds. The van der Waals surface area contributed by atoms with E-state index in [2.05, 4.69) is 4.99 Å². The molecule has 0 radical (unpaired) electrons. The van der Waals surface area contributed by atoms with E-state index in [4.69, 9.17) is 10.8 Å². The highest BCUT2D eigenvalue weighted by atomic mass is 19.4. The maximum atomic E-state index is 12.1. The standard InChI is InChI=1S/C7H9F3N2O/c1-3-6(11)4(13)2-5(12-3)7(8,9)10/h2-3,6,13H,11H2,1H3. The van der Waals surface area contributed by atoms with Crippen LogP contribution in [0.3, 0.4) is 0 Å². The van der Waals surface area contributed by atoms with Crippen LogP contribution in [0, 0.1) is 0 Å². The molecule has 2 unspecified atom stereocenters. The van der Waals surface area contributed by atoms with E-state index >= 15 is 0 Å². The highest BCUT2D eigenvalue weighted by molar-refractivity contribution is 6.00. The van der Waals surface area contributed by atoms with Gasteiger partial charge in [-0.25, -0.2) is 0 Å². The van der Waals surface area contributed by atoms with Crippen molar-refractivity contribution in [2.24, 2.45) is 10.7 Å². The van der Waals surface area contributed by atoms with E-state index in [1.165, 1.54) is 6.92 Å². The molecule has 0 saturated carbocycles. The Morgan fingerprint density at radius 1 is 1.54 bits per heavy atom. The summed E-state index contributed by atoms with van der Waals surface area (Å²) in [6, 6.07) is -1.59. The molecule has 0 bridgehead atoms. The number of aliphatic imine (C=N–C) groups is 1. The lowest BCUT2D eigenvalue weighted by Gasteiger charge is -2.22. The Kier molecular flexibility index (Phi) is 2.34. The van der Waals surface area contributed by atoms with E-state index in [1.54, 1.807) is 0 Å². The molecule has 1 aliphatic heterocycles. The van der Waals surface area contributed by atoms with Gasteiger partial charge in [0.1, 0.15) is 11.5 Å². The second-order valence-electron chi connectivity index (χ2n) is 2.85. The van der Waals surface area contributed by atoms with Crippen molar-refractivity contribution in [3.05, 3.63) is 11.8 Å². The zero-order valence-corrected chi connectivity index (χ0v) is 6.84. The normalized spacial score (nSPS) is 29.6. The van der Waals surface area contributed by atoms with Crippen molar-refractivity contribution in [1.29, 1.82) is 0 Å². The van der Waals surface area contributed by atoms with Gasteiger partial charge in [0.25, 0.3) is 0 Å². The van der Waals surface area contributed by atoms with Crippen LogP contribution in [0.1, 0.15) is 6.92 Å². The zero-order chi connectivity index (χ0) is 10.2. The number of hydrogen-bond donors (Lipinski definition) is 2. The molecular formula is C7H9F3N2O. The Bertz CT molecular complexity index is 269. The Labute approximate surface area is 72.8 Å². The van der Waals surface area contributed by atoms with E-state index in [1.807, 2.05) is 0 Å². The molecule has 0 fully saturated rings. The van der Waals surface area contributed by atoms with E-state index in [0.717, 1.165) is 0 Å². The Balaban J connectivity index is 2.98. The summed E-state index contributed by atoms with van der Waals surface area (Å²) in [7, 11) is 0. The van der Waals surface area contributed by atoms with Crippen molar-refractivity contribution in [1.82, 2.24) is 0 Å². The quantitative estimate of drug-likeness (QED) is 0.607. The van der Waals surface area contributed by atoms with E-state index in [0.29, 0.717) is 6.08 Å². The van der Waals surface area contributed by atoms with Gasteiger partial charge in [-0.1, -0.05) is 0 Å². The van der Waals surface area contributed by atoms with Crippen molar-refractivity contribution in [3.8, 4) is 0 Å². The molecule has 0 spiro atoms. The molecule has 3 nitrogen and oxygen atoms in total. The van der Waals surface area contributed by atoms with Gasteiger partial charge in [-0.3, -0.25) is 4.99 Å². The maximum Gasteiger partial charge on any atom is 0.433 e. The van der Waals surface area contributed by atoms with Crippen molar-refractivity contribution >= 4 is 5.71 Å². The first-order valence-electron chi connectivity index (χ1n) is 3.63. The number of dihydropyridines is 1. The van der Waals surface area contributed by atoms with Crippen LogP contribution in [0.25, 0.3) is 0 Å². The third-order valence-corrected chi connectivity index (χ3v) is 1.78. The highest BCUT2D eigenvalue weighted by Crippen LogP contribution is 2.23. The van der Waals surface area contributed by atoms with Crippen LogP contribution in [0.4, 0.5) is 13.2 Å². The number of nitrogens with two attached hydrogens (primary N) is 1. The molecule has 1 aliphatic rings. The molecule has 1 rings (SSSR count). The second kappa shape index (κ2) is 3.02. The maximum absolute atomic E-state index is 12.1. The summed E-state index contributed by atoms with van der Waals surface area (Å²) in [5.41, 5.74) is 4.25. The predicted octanol–water partition coefficient (Wildman–Crippen LogP) is 1.16. The monoisotopic (exact) mass is 194 g/mol. The third-order valence-electron chi connectivity index (χ3n) is 1.78. The minimum Gasteiger partial charge on any atom is -0.511 e. The molecule has 0 aliphatic carbocycles. The first kappa shape index (κ1) is 10.0. The van der Waals surface area contributed by atoms with Gasteiger partial charge in [0.05, 0.1) is 12.1 Å². The molecule has 0 aromatic heterocycles. The van der Waals surface area contributed by atoms with E-state index < -0.39 is 29.7 Å².